The van der Waals surface area contributed by atoms with Crippen LogP contribution < -0.4 is 15.3 Å². The number of ether oxygens (including phenoxy) is 1. The topological polar surface area (TPSA) is 26.3 Å². The molecule has 4 aromatic carbocycles. The van der Waals surface area contributed by atoms with Gasteiger partial charge in [-0.05, 0) is 53.5 Å². The van der Waals surface area contributed by atoms with Crippen LogP contribution in [0.2, 0.25) is 0 Å². The van der Waals surface area contributed by atoms with Gasteiger partial charge in [0.1, 0.15) is 12.4 Å². The molecular weight excluding hydrogens is 399 g/mol. The first-order chi connectivity index (χ1) is 15.2. The summed E-state index contributed by atoms with van der Waals surface area (Å²) in [5.41, 5.74) is 5.49. The second kappa shape index (κ2) is 10.2. The van der Waals surface area contributed by atoms with E-state index < -0.39 is 0 Å². The van der Waals surface area contributed by atoms with Gasteiger partial charge < -0.3 is 4.74 Å². The molecule has 0 N–H and O–H groups in total. The summed E-state index contributed by atoms with van der Waals surface area (Å²) in [5, 5.41) is 2.17. The summed E-state index contributed by atoms with van der Waals surface area (Å²) < 4.78 is 6.22. The Kier molecular flexibility index (Phi) is 6.92. The number of benzene rings is 4. The van der Waals surface area contributed by atoms with Gasteiger partial charge in [0, 0.05) is 10.9 Å². The summed E-state index contributed by atoms with van der Waals surface area (Å²) >= 11 is 0. The summed E-state index contributed by atoms with van der Waals surface area (Å²) in [6.07, 6.45) is 1.82. The highest BCUT2D eigenvalue weighted by molar-refractivity contribution is 7.56. The van der Waals surface area contributed by atoms with E-state index in [2.05, 4.69) is 66.7 Å². The molecule has 0 saturated heterocycles. The van der Waals surface area contributed by atoms with Gasteiger partial charge in [-0.3, -0.25) is 4.79 Å². The van der Waals surface area contributed by atoms with Gasteiger partial charge in [0.05, 0.1) is 0 Å². The minimum Gasteiger partial charge on any atom is -0.488 e. The van der Waals surface area contributed by atoms with Crippen molar-refractivity contribution in [1.29, 1.82) is 0 Å². The van der Waals surface area contributed by atoms with E-state index in [9.17, 15) is 4.79 Å². The predicted octanol–water partition coefficient (Wildman–Crippen LogP) is 5.61. The predicted molar refractivity (Wildman–Crippen MR) is 131 cm³/mol. The molecule has 31 heavy (non-hydrogen) atoms. The smallest absolute Gasteiger partial charge is 0.150 e. The van der Waals surface area contributed by atoms with Crippen LogP contribution in [0.15, 0.2) is 97.1 Å². The molecule has 0 radical (unpaired) electrons. The molecule has 154 valence electrons. The third kappa shape index (κ3) is 5.69. The van der Waals surface area contributed by atoms with Gasteiger partial charge >= 0.3 is 0 Å². The van der Waals surface area contributed by atoms with Gasteiger partial charge in [0.2, 0.25) is 0 Å². The van der Waals surface area contributed by atoms with Gasteiger partial charge in [0.15, 0.2) is 6.29 Å². The standard InChI is InChI=1S/C28H25O2P/c1-21-12-15-27(25(16-21)19-29)31-28-18-24(17-22-8-4-2-5-9-22)13-14-26(28)30-20-23-10-6-3-7-11-23/h2-16,18-19,31H,17,20H2,1H3. The number of carbonyl (C=O) groups is 1. The lowest BCUT2D eigenvalue weighted by molar-refractivity contribution is 0.112. The normalized spacial score (nSPS) is 11.0. The number of aryl methyl sites for hydroxylation is 1. The summed E-state index contributed by atoms with van der Waals surface area (Å²) in [6, 6.07) is 33.1. The van der Waals surface area contributed by atoms with E-state index in [-0.39, 0.29) is 0 Å². The van der Waals surface area contributed by atoms with Crippen LogP contribution in [-0.2, 0) is 13.0 Å². The molecular formula is C28H25O2P. The second-order valence-electron chi connectivity index (χ2n) is 7.60. The molecule has 0 heterocycles. The van der Waals surface area contributed by atoms with E-state index in [0.29, 0.717) is 15.2 Å². The van der Waals surface area contributed by atoms with Crippen molar-refractivity contribution in [3.8, 4) is 5.75 Å². The summed E-state index contributed by atoms with van der Waals surface area (Å²) in [4.78, 5) is 11.6. The zero-order valence-electron chi connectivity index (χ0n) is 17.5. The van der Waals surface area contributed by atoms with Gasteiger partial charge in [0.25, 0.3) is 0 Å². The summed E-state index contributed by atoms with van der Waals surface area (Å²) in [5.74, 6) is 0.872. The van der Waals surface area contributed by atoms with E-state index in [1.54, 1.807) is 0 Å². The number of hydrogen-bond acceptors (Lipinski definition) is 2. The van der Waals surface area contributed by atoms with Crippen LogP contribution in [0.3, 0.4) is 0 Å². The van der Waals surface area contributed by atoms with Crippen molar-refractivity contribution in [1.82, 2.24) is 0 Å². The number of aldehydes is 1. The third-order valence-electron chi connectivity index (χ3n) is 5.14. The Balaban J connectivity index is 1.64. The molecule has 0 aliphatic carbocycles. The molecule has 1 atom stereocenters. The SMILES string of the molecule is Cc1ccc(Pc2cc(Cc3ccccc3)ccc2OCc2ccccc2)c(C=O)c1. The molecule has 4 rings (SSSR count). The fourth-order valence-electron chi connectivity index (χ4n) is 3.52. The van der Waals surface area contributed by atoms with Gasteiger partial charge in [-0.2, -0.15) is 0 Å². The molecule has 0 aliphatic heterocycles. The average Bonchev–Trinajstić information content (AvgIpc) is 2.81. The molecule has 1 unspecified atom stereocenters. The highest BCUT2D eigenvalue weighted by Gasteiger charge is 2.11. The monoisotopic (exact) mass is 424 g/mol. The van der Waals surface area contributed by atoms with Crippen molar-refractivity contribution >= 4 is 25.5 Å². The molecule has 4 aromatic rings. The van der Waals surface area contributed by atoms with Crippen LogP contribution in [-0.4, -0.2) is 6.29 Å². The fourth-order valence-corrected chi connectivity index (χ4v) is 4.78. The third-order valence-corrected chi connectivity index (χ3v) is 6.52. The Morgan fingerprint density at radius 1 is 0.742 bits per heavy atom. The molecule has 2 nitrogen and oxygen atoms in total. The molecule has 3 heteroatoms. The lowest BCUT2D eigenvalue weighted by atomic mass is 10.1. The molecule has 0 amide bonds. The van der Waals surface area contributed by atoms with Crippen LogP contribution in [0.5, 0.6) is 5.75 Å². The maximum atomic E-state index is 11.6. The van der Waals surface area contributed by atoms with Gasteiger partial charge in [-0.15, -0.1) is 0 Å². The molecule has 0 aromatic heterocycles. The van der Waals surface area contributed by atoms with Crippen molar-refractivity contribution in [2.45, 2.75) is 20.0 Å². The van der Waals surface area contributed by atoms with E-state index >= 15 is 0 Å². The van der Waals surface area contributed by atoms with Crippen molar-refractivity contribution in [2.24, 2.45) is 0 Å². The molecule has 0 aliphatic rings. The number of hydrogen-bond donors (Lipinski definition) is 0. The van der Waals surface area contributed by atoms with Crippen LogP contribution in [0.25, 0.3) is 0 Å². The molecule has 0 saturated carbocycles. The minimum atomic E-state index is 0.346. The first kappa shape index (κ1) is 21.0. The van der Waals surface area contributed by atoms with E-state index in [1.807, 2.05) is 37.3 Å². The maximum absolute atomic E-state index is 11.6. The first-order valence-corrected chi connectivity index (χ1v) is 11.4. The first-order valence-electron chi connectivity index (χ1n) is 10.4. The van der Waals surface area contributed by atoms with Gasteiger partial charge in [-0.1, -0.05) is 93.0 Å². The average molecular weight is 424 g/mol. The fraction of sp³-hybridized carbons (Fsp3) is 0.107. The van der Waals surface area contributed by atoms with Crippen molar-refractivity contribution < 1.29 is 9.53 Å². The zero-order chi connectivity index (χ0) is 21.5. The summed E-state index contributed by atoms with van der Waals surface area (Å²) in [7, 11) is 0.346. The van der Waals surface area contributed by atoms with E-state index in [0.717, 1.165) is 45.8 Å². The Morgan fingerprint density at radius 3 is 2.16 bits per heavy atom. The quantitative estimate of drug-likeness (QED) is 0.272. The number of rotatable bonds is 8. The lowest BCUT2D eigenvalue weighted by Crippen LogP contribution is -2.13. The molecule has 0 fully saturated rings. The molecule has 0 bridgehead atoms. The highest BCUT2D eigenvalue weighted by atomic mass is 31.1. The zero-order valence-corrected chi connectivity index (χ0v) is 18.5. The lowest BCUT2D eigenvalue weighted by Gasteiger charge is -2.15. The largest absolute Gasteiger partial charge is 0.488 e. The Labute approximate surface area is 185 Å². The van der Waals surface area contributed by atoms with Crippen LogP contribution in [0, 0.1) is 6.92 Å². The van der Waals surface area contributed by atoms with E-state index in [1.165, 1.54) is 11.1 Å². The van der Waals surface area contributed by atoms with Gasteiger partial charge in [-0.25, -0.2) is 0 Å². The maximum Gasteiger partial charge on any atom is 0.150 e. The van der Waals surface area contributed by atoms with Crippen LogP contribution >= 0.6 is 8.58 Å². The van der Waals surface area contributed by atoms with E-state index in [4.69, 9.17) is 4.74 Å². The van der Waals surface area contributed by atoms with Crippen molar-refractivity contribution in [3.63, 3.8) is 0 Å². The van der Waals surface area contributed by atoms with Crippen molar-refractivity contribution in [3.05, 3.63) is 125 Å². The van der Waals surface area contributed by atoms with Crippen molar-refractivity contribution in [2.75, 3.05) is 0 Å². The van der Waals surface area contributed by atoms with Crippen LogP contribution in [0.4, 0.5) is 0 Å². The van der Waals surface area contributed by atoms with Crippen LogP contribution in [0.1, 0.15) is 32.6 Å². The second-order valence-corrected chi connectivity index (χ2v) is 8.93. The molecule has 0 spiro atoms. The number of carbonyl (C=O) groups excluding carboxylic acids is 1. The Hall–Kier alpha value is -3.22. The summed E-state index contributed by atoms with van der Waals surface area (Å²) in [6.45, 7) is 2.53. The Bertz CT molecular complexity index is 1150. The highest BCUT2D eigenvalue weighted by Crippen LogP contribution is 2.24. The Morgan fingerprint density at radius 2 is 1.45 bits per heavy atom. The minimum absolute atomic E-state index is 0.346.